The second-order valence-electron chi connectivity index (χ2n) is 3.89. The third-order valence-electron chi connectivity index (χ3n) is 2.30. The first-order chi connectivity index (χ1) is 9.33. The zero-order chi connectivity index (χ0) is 15.2. The lowest BCUT2D eigenvalue weighted by Gasteiger charge is -2.11. The molecule has 0 amide bonds. The summed E-state index contributed by atoms with van der Waals surface area (Å²) >= 11 is 0. The number of hydrogen-bond donors (Lipinski definition) is 2. The van der Waals surface area contributed by atoms with E-state index in [1.807, 2.05) is 0 Å². The molecule has 0 aliphatic rings. The topological polar surface area (TPSA) is 73.6 Å². The molecule has 20 heavy (non-hydrogen) atoms. The Kier molecular flexibility index (Phi) is 5.63. The third-order valence-corrected chi connectivity index (χ3v) is 2.30. The van der Waals surface area contributed by atoms with Crippen LogP contribution in [-0.2, 0) is 9.47 Å². The van der Waals surface area contributed by atoms with Crippen LogP contribution in [-0.4, -0.2) is 39.0 Å². The van der Waals surface area contributed by atoms with E-state index in [0.717, 1.165) is 0 Å². The Bertz CT molecular complexity index is 464. The number of methoxy groups -OCH3 is 1. The Morgan fingerprint density at radius 1 is 1.40 bits per heavy atom. The van der Waals surface area contributed by atoms with Gasteiger partial charge in [0.05, 0.1) is 30.7 Å². The van der Waals surface area contributed by atoms with Crippen molar-refractivity contribution in [2.75, 3.05) is 37.9 Å². The lowest BCUT2D eigenvalue weighted by atomic mass is 10.1. The average molecular weight is 292 g/mol. The Labute approximate surface area is 113 Å². The van der Waals surface area contributed by atoms with Gasteiger partial charge in [0.1, 0.15) is 6.61 Å². The second-order valence-corrected chi connectivity index (χ2v) is 3.89. The van der Waals surface area contributed by atoms with Crippen molar-refractivity contribution in [3.05, 3.63) is 23.8 Å². The van der Waals surface area contributed by atoms with Crippen LogP contribution in [0.1, 0.15) is 10.4 Å². The minimum Gasteiger partial charge on any atom is -0.465 e. The molecule has 0 saturated carbocycles. The molecule has 0 aromatic heterocycles. The number of esters is 1. The second kappa shape index (κ2) is 6.99. The maximum absolute atomic E-state index is 11.8. The van der Waals surface area contributed by atoms with Gasteiger partial charge in [0.25, 0.3) is 0 Å². The van der Waals surface area contributed by atoms with E-state index in [1.54, 1.807) is 6.07 Å². The van der Waals surface area contributed by atoms with Crippen LogP contribution in [0.4, 0.5) is 24.5 Å². The molecule has 1 rings (SSSR count). The van der Waals surface area contributed by atoms with Gasteiger partial charge in [-0.3, -0.25) is 0 Å². The van der Waals surface area contributed by atoms with E-state index in [2.05, 4.69) is 14.8 Å². The number of nitrogens with one attached hydrogen (secondary N) is 1. The lowest BCUT2D eigenvalue weighted by molar-refractivity contribution is -0.172. The van der Waals surface area contributed by atoms with E-state index in [0.29, 0.717) is 16.9 Å². The molecule has 1 aromatic carbocycles. The van der Waals surface area contributed by atoms with Crippen LogP contribution >= 0.6 is 0 Å². The lowest BCUT2D eigenvalue weighted by Crippen LogP contribution is -2.20. The molecule has 112 valence electrons. The van der Waals surface area contributed by atoms with E-state index in [1.165, 1.54) is 19.2 Å². The van der Waals surface area contributed by atoms with E-state index < -0.39 is 18.8 Å². The highest BCUT2D eigenvalue weighted by atomic mass is 19.4. The molecule has 0 aliphatic heterocycles. The first-order valence-electron chi connectivity index (χ1n) is 5.69. The van der Waals surface area contributed by atoms with Gasteiger partial charge in [0.2, 0.25) is 0 Å². The summed E-state index contributed by atoms with van der Waals surface area (Å²) in [6, 6.07) is 4.47. The van der Waals surface area contributed by atoms with E-state index in [4.69, 9.17) is 5.73 Å². The predicted octanol–water partition coefficient (Wildman–Crippen LogP) is 2.05. The van der Waals surface area contributed by atoms with Crippen LogP contribution in [0.25, 0.3) is 0 Å². The fraction of sp³-hybridized carbons (Fsp3) is 0.417. The van der Waals surface area contributed by atoms with Crippen LogP contribution in [0, 0.1) is 0 Å². The molecular formula is C12H15F3N2O3. The number of benzene rings is 1. The van der Waals surface area contributed by atoms with Crippen LogP contribution in [0.3, 0.4) is 0 Å². The molecule has 8 heteroatoms. The highest BCUT2D eigenvalue weighted by Crippen LogP contribution is 2.20. The van der Waals surface area contributed by atoms with Crippen molar-refractivity contribution in [2.45, 2.75) is 6.18 Å². The Morgan fingerprint density at radius 2 is 2.10 bits per heavy atom. The Morgan fingerprint density at radius 3 is 2.65 bits per heavy atom. The molecule has 0 atom stereocenters. The summed E-state index contributed by atoms with van der Waals surface area (Å²) < 4.78 is 44.4. The number of hydrogen-bond acceptors (Lipinski definition) is 5. The molecule has 0 saturated heterocycles. The van der Waals surface area contributed by atoms with Crippen molar-refractivity contribution < 1.29 is 27.4 Å². The fourth-order valence-electron chi connectivity index (χ4n) is 1.41. The molecule has 0 fully saturated rings. The summed E-state index contributed by atoms with van der Waals surface area (Å²) in [7, 11) is 1.25. The number of ether oxygens (including phenoxy) is 2. The van der Waals surface area contributed by atoms with Gasteiger partial charge in [0, 0.05) is 6.54 Å². The molecule has 1 aromatic rings. The Balaban J connectivity index is 2.43. The van der Waals surface area contributed by atoms with E-state index >= 15 is 0 Å². The first kappa shape index (κ1) is 16.1. The monoisotopic (exact) mass is 292 g/mol. The summed E-state index contributed by atoms with van der Waals surface area (Å²) in [4.78, 5) is 11.2. The minimum absolute atomic E-state index is 0.113. The minimum atomic E-state index is -4.33. The molecule has 0 spiro atoms. The van der Waals surface area contributed by atoms with Crippen molar-refractivity contribution in [1.82, 2.24) is 0 Å². The highest BCUT2D eigenvalue weighted by molar-refractivity contribution is 5.91. The van der Waals surface area contributed by atoms with Crippen molar-refractivity contribution in [2.24, 2.45) is 0 Å². The smallest absolute Gasteiger partial charge is 0.411 e. The molecule has 3 N–H and O–H groups in total. The third kappa shape index (κ3) is 5.35. The van der Waals surface area contributed by atoms with Gasteiger partial charge in [-0.15, -0.1) is 0 Å². The first-order valence-corrected chi connectivity index (χ1v) is 5.69. The van der Waals surface area contributed by atoms with Crippen LogP contribution in [0.15, 0.2) is 18.2 Å². The van der Waals surface area contributed by atoms with Gasteiger partial charge in [-0.05, 0) is 18.2 Å². The van der Waals surface area contributed by atoms with Crippen LogP contribution < -0.4 is 11.1 Å². The van der Waals surface area contributed by atoms with Crippen molar-refractivity contribution in [3.8, 4) is 0 Å². The largest absolute Gasteiger partial charge is 0.465 e. The quantitative estimate of drug-likeness (QED) is 0.477. The van der Waals surface area contributed by atoms with Crippen molar-refractivity contribution in [3.63, 3.8) is 0 Å². The highest BCUT2D eigenvalue weighted by Gasteiger charge is 2.27. The zero-order valence-corrected chi connectivity index (χ0v) is 10.8. The van der Waals surface area contributed by atoms with Gasteiger partial charge in [-0.2, -0.15) is 13.2 Å². The number of halogens is 3. The molecule has 0 heterocycles. The molecule has 0 radical (unpaired) electrons. The number of carbonyl (C=O) groups is 1. The van der Waals surface area contributed by atoms with Crippen molar-refractivity contribution >= 4 is 17.3 Å². The van der Waals surface area contributed by atoms with Gasteiger partial charge in [-0.25, -0.2) is 4.79 Å². The molecule has 5 nitrogen and oxygen atoms in total. The van der Waals surface area contributed by atoms with Gasteiger partial charge in [-0.1, -0.05) is 0 Å². The molecule has 0 bridgehead atoms. The van der Waals surface area contributed by atoms with Gasteiger partial charge >= 0.3 is 12.1 Å². The Hall–Kier alpha value is -1.96. The SMILES string of the molecule is COC(=O)c1ccc(NCCOCC(F)(F)F)c(N)c1. The summed E-state index contributed by atoms with van der Waals surface area (Å²) in [6.45, 7) is -1.24. The molecule has 0 aliphatic carbocycles. The summed E-state index contributed by atoms with van der Waals surface area (Å²) in [5.41, 5.74) is 6.80. The zero-order valence-electron chi connectivity index (χ0n) is 10.8. The number of rotatable bonds is 6. The number of anilines is 2. The number of nitrogen functional groups attached to an aromatic ring is 1. The number of nitrogens with two attached hydrogens (primary N) is 1. The van der Waals surface area contributed by atoms with E-state index in [-0.39, 0.29) is 13.2 Å². The predicted molar refractivity (Wildman–Crippen MR) is 67.6 cm³/mol. The summed E-state index contributed by atoms with van der Waals surface area (Å²) in [6.07, 6.45) is -4.33. The molecular weight excluding hydrogens is 277 g/mol. The van der Waals surface area contributed by atoms with Gasteiger partial charge < -0.3 is 20.5 Å². The summed E-state index contributed by atoms with van der Waals surface area (Å²) in [5.74, 6) is -0.517. The standard InChI is InChI=1S/C12H15F3N2O3/c1-19-11(18)8-2-3-10(9(16)6-8)17-4-5-20-7-12(13,14)15/h2-3,6,17H,4-5,7,16H2,1H3. The van der Waals surface area contributed by atoms with Crippen LogP contribution in [0.5, 0.6) is 0 Å². The summed E-state index contributed by atoms with van der Waals surface area (Å²) in [5, 5.41) is 2.81. The van der Waals surface area contributed by atoms with E-state index in [9.17, 15) is 18.0 Å². The maximum Gasteiger partial charge on any atom is 0.411 e. The van der Waals surface area contributed by atoms with Gasteiger partial charge in [0.15, 0.2) is 0 Å². The molecule has 0 unspecified atom stereocenters. The average Bonchev–Trinajstić information content (AvgIpc) is 2.37. The van der Waals surface area contributed by atoms with Crippen LogP contribution in [0.2, 0.25) is 0 Å². The maximum atomic E-state index is 11.8. The normalized spacial score (nSPS) is 11.2. The van der Waals surface area contributed by atoms with Crippen molar-refractivity contribution in [1.29, 1.82) is 0 Å². The number of alkyl halides is 3. The number of carbonyl (C=O) groups excluding carboxylic acids is 1. The fourth-order valence-corrected chi connectivity index (χ4v) is 1.41.